The van der Waals surface area contributed by atoms with E-state index in [1.54, 1.807) is 31.2 Å². The minimum Gasteiger partial charge on any atom is -0.497 e. The van der Waals surface area contributed by atoms with Crippen LogP contribution in [-0.4, -0.2) is 35.1 Å². The lowest BCUT2D eigenvalue weighted by molar-refractivity contribution is -0.130. The summed E-state index contributed by atoms with van der Waals surface area (Å²) in [6.07, 6.45) is 0.285. The van der Waals surface area contributed by atoms with E-state index in [4.69, 9.17) is 20.9 Å². The second-order valence-electron chi connectivity index (χ2n) is 5.79. The van der Waals surface area contributed by atoms with Gasteiger partial charge in [-0.3, -0.25) is 4.79 Å². The summed E-state index contributed by atoms with van der Waals surface area (Å²) in [5, 5.41) is 4.61. The number of carbonyl (C=O) groups is 1. The molecule has 0 saturated heterocycles. The second-order valence-corrected chi connectivity index (χ2v) is 6.23. The van der Waals surface area contributed by atoms with Crippen molar-refractivity contribution in [3.8, 4) is 17.1 Å². The molecule has 0 aliphatic carbocycles. The molecule has 0 saturated carbocycles. The van der Waals surface area contributed by atoms with Gasteiger partial charge in [0.1, 0.15) is 5.75 Å². The maximum atomic E-state index is 12.3. The summed E-state index contributed by atoms with van der Waals surface area (Å²) in [5.74, 6) is 1.56. The normalized spacial score (nSPS) is 10.6. The van der Waals surface area contributed by atoms with E-state index in [1.165, 1.54) is 0 Å². The number of carbonyl (C=O) groups excluding carboxylic acids is 1. The fourth-order valence-corrected chi connectivity index (χ4v) is 2.51. The van der Waals surface area contributed by atoms with Gasteiger partial charge in [0.05, 0.1) is 20.1 Å². The monoisotopic (exact) mass is 371 g/mol. The van der Waals surface area contributed by atoms with Gasteiger partial charge < -0.3 is 14.2 Å². The topological polar surface area (TPSA) is 68.5 Å². The van der Waals surface area contributed by atoms with Crippen molar-refractivity contribution >= 4 is 17.5 Å². The van der Waals surface area contributed by atoms with Crippen molar-refractivity contribution in [2.24, 2.45) is 0 Å². The van der Waals surface area contributed by atoms with Gasteiger partial charge in [-0.1, -0.05) is 28.9 Å². The third-order valence-corrected chi connectivity index (χ3v) is 4.14. The molecule has 0 radical (unpaired) electrons. The number of aromatic nitrogens is 2. The molecule has 1 aromatic heterocycles. The molecule has 0 bridgehead atoms. The van der Waals surface area contributed by atoms with Crippen molar-refractivity contribution < 1.29 is 14.1 Å². The molecule has 0 N–H and O–H groups in total. The summed E-state index contributed by atoms with van der Waals surface area (Å²) >= 11 is 5.86. The fourth-order valence-electron chi connectivity index (χ4n) is 2.38. The van der Waals surface area contributed by atoms with Crippen LogP contribution in [0, 0.1) is 0 Å². The number of benzene rings is 2. The molecule has 7 heteroatoms. The van der Waals surface area contributed by atoms with Gasteiger partial charge in [0.15, 0.2) is 0 Å². The van der Waals surface area contributed by atoms with Crippen LogP contribution in [0.4, 0.5) is 0 Å². The summed E-state index contributed by atoms with van der Waals surface area (Å²) in [7, 11) is 3.31. The predicted octanol–water partition coefficient (Wildman–Crippen LogP) is 3.60. The van der Waals surface area contributed by atoms with E-state index in [9.17, 15) is 4.79 Å². The van der Waals surface area contributed by atoms with E-state index in [1.807, 2.05) is 36.4 Å². The maximum Gasteiger partial charge on any atom is 0.246 e. The molecule has 6 nitrogen and oxygen atoms in total. The zero-order valence-corrected chi connectivity index (χ0v) is 15.2. The van der Waals surface area contributed by atoms with E-state index in [0.717, 1.165) is 16.9 Å². The Balaban J connectivity index is 1.62. The summed E-state index contributed by atoms with van der Waals surface area (Å²) in [6, 6.07) is 14.6. The Labute approximate surface area is 156 Å². The van der Waals surface area contributed by atoms with E-state index < -0.39 is 0 Å². The van der Waals surface area contributed by atoms with Gasteiger partial charge in [-0.25, -0.2) is 0 Å². The van der Waals surface area contributed by atoms with Gasteiger partial charge in [0.2, 0.25) is 17.6 Å². The van der Waals surface area contributed by atoms with Crippen molar-refractivity contribution in [1.82, 2.24) is 15.0 Å². The molecule has 3 rings (SSSR count). The lowest BCUT2D eigenvalue weighted by Gasteiger charge is -2.14. The Hall–Kier alpha value is -2.86. The summed E-state index contributed by atoms with van der Waals surface area (Å²) in [6.45, 7) is 0.246. The number of ether oxygens (including phenoxy) is 1. The summed E-state index contributed by atoms with van der Waals surface area (Å²) in [4.78, 5) is 18.2. The molecule has 0 spiro atoms. The van der Waals surface area contributed by atoms with Gasteiger partial charge in [-0.15, -0.1) is 0 Å². The number of likely N-dealkylation sites (N-methyl/N-ethyl adjacent to an activating group) is 1. The smallest absolute Gasteiger partial charge is 0.246 e. The van der Waals surface area contributed by atoms with Crippen molar-refractivity contribution in [3.63, 3.8) is 0 Å². The van der Waals surface area contributed by atoms with E-state index in [-0.39, 0.29) is 18.9 Å². The van der Waals surface area contributed by atoms with Crippen LogP contribution in [0.15, 0.2) is 53.1 Å². The molecular formula is C19H18ClN3O3. The summed E-state index contributed by atoms with van der Waals surface area (Å²) < 4.78 is 10.4. The van der Waals surface area contributed by atoms with Crippen LogP contribution in [-0.2, 0) is 17.8 Å². The van der Waals surface area contributed by atoms with E-state index >= 15 is 0 Å². The number of hydrogen-bond acceptors (Lipinski definition) is 5. The summed E-state index contributed by atoms with van der Waals surface area (Å²) in [5.41, 5.74) is 1.71. The average Bonchev–Trinajstić information content (AvgIpc) is 3.12. The molecule has 0 aliphatic heterocycles. The molecule has 0 unspecified atom stereocenters. The van der Waals surface area contributed by atoms with Crippen LogP contribution in [0.3, 0.4) is 0 Å². The molecule has 0 aliphatic rings. The first kappa shape index (κ1) is 17.9. The van der Waals surface area contributed by atoms with Crippen LogP contribution in [0.1, 0.15) is 11.5 Å². The SMILES string of the molecule is COc1ccc(-c2noc(CN(C)C(=O)Cc3ccc(Cl)cc3)n2)cc1. The zero-order valence-electron chi connectivity index (χ0n) is 14.5. The Morgan fingerprint density at radius 2 is 1.85 bits per heavy atom. The van der Waals surface area contributed by atoms with Crippen LogP contribution in [0.25, 0.3) is 11.4 Å². The highest BCUT2D eigenvalue weighted by Gasteiger charge is 2.15. The Morgan fingerprint density at radius 1 is 1.15 bits per heavy atom. The molecule has 1 amide bonds. The number of halogens is 1. The second kappa shape index (κ2) is 8.01. The van der Waals surface area contributed by atoms with Gasteiger partial charge >= 0.3 is 0 Å². The molecule has 2 aromatic carbocycles. The number of nitrogens with zero attached hydrogens (tertiary/aromatic N) is 3. The van der Waals surface area contributed by atoms with Gasteiger partial charge in [-0.2, -0.15) is 4.98 Å². The lowest BCUT2D eigenvalue weighted by atomic mass is 10.1. The Bertz CT molecular complexity index is 876. The first-order valence-corrected chi connectivity index (χ1v) is 8.38. The fraction of sp³-hybridized carbons (Fsp3) is 0.211. The first-order valence-electron chi connectivity index (χ1n) is 8.00. The number of amides is 1. The molecule has 1 heterocycles. The van der Waals surface area contributed by atoms with Crippen molar-refractivity contribution in [2.75, 3.05) is 14.2 Å². The van der Waals surface area contributed by atoms with E-state index in [0.29, 0.717) is 16.7 Å². The molecular weight excluding hydrogens is 354 g/mol. The lowest BCUT2D eigenvalue weighted by Crippen LogP contribution is -2.27. The molecule has 3 aromatic rings. The Kier molecular flexibility index (Phi) is 5.53. The molecule has 134 valence electrons. The highest BCUT2D eigenvalue weighted by Crippen LogP contribution is 2.20. The van der Waals surface area contributed by atoms with Crippen LogP contribution in [0.5, 0.6) is 5.75 Å². The number of methoxy groups -OCH3 is 1. The maximum absolute atomic E-state index is 12.3. The van der Waals surface area contributed by atoms with Gasteiger partial charge in [0, 0.05) is 17.6 Å². The zero-order chi connectivity index (χ0) is 18.5. The minimum atomic E-state index is -0.0449. The third-order valence-electron chi connectivity index (χ3n) is 3.88. The molecule has 26 heavy (non-hydrogen) atoms. The predicted molar refractivity (Wildman–Crippen MR) is 97.9 cm³/mol. The number of hydrogen-bond donors (Lipinski definition) is 0. The van der Waals surface area contributed by atoms with Gasteiger partial charge in [-0.05, 0) is 42.0 Å². The Morgan fingerprint density at radius 3 is 2.50 bits per heavy atom. The minimum absolute atomic E-state index is 0.0449. The number of rotatable bonds is 6. The van der Waals surface area contributed by atoms with Gasteiger partial charge in [0.25, 0.3) is 0 Å². The average molecular weight is 372 g/mol. The highest BCUT2D eigenvalue weighted by atomic mass is 35.5. The van der Waals surface area contributed by atoms with Crippen molar-refractivity contribution in [1.29, 1.82) is 0 Å². The molecule has 0 atom stereocenters. The highest BCUT2D eigenvalue weighted by molar-refractivity contribution is 6.30. The standard InChI is InChI=1S/C19H18ClN3O3/c1-23(18(24)11-13-3-7-15(20)8-4-13)12-17-21-19(22-26-17)14-5-9-16(25-2)10-6-14/h3-10H,11-12H2,1-2H3. The van der Waals surface area contributed by atoms with Crippen LogP contribution >= 0.6 is 11.6 Å². The van der Waals surface area contributed by atoms with Crippen molar-refractivity contribution in [3.05, 3.63) is 65.0 Å². The molecule has 0 fully saturated rings. The first-order chi connectivity index (χ1) is 12.5. The third kappa shape index (κ3) is 4.40. The quantitative estimate of drug-likeness (QED) is 0.662. The van der Waals surface area contributed by atoms with Crippen molar-refractivity contribution in [2.45, 2.75) is 13.0 Å². The van der Waals surface area contributed by atoms with Crippen LogP contribution in [0.2, 0.25) is 5.02 Å². The van der Waals surface area contributed by atoms with E-state index in [2.05, 4.69) is 10.1 Å². The largest absolute Gasteiger partial charge is 0.497 e. The van der Waals surface area contributed by atoms with Crippen LogP contribution < -0.4 is 4.74 Å².